The number of fused-ring (bicyclic) bond motifs is 1. The third-order valence-corrected chi connectivity index (χ3v) is 6.67. The zero-order valence-corrected chi connectivity index (χ0v) is 18.3. The van der Waals surface area contributed by atoms with Crippen LogP contribution in [0, 0.1) is 0 Å². The summed E-state index contributed by atoms with van der Waals surface area (Å²) in [7, 11) is 1.79. The van der Waals surface area contributed by atoms with E-state index in [1.807, 2.05) is 66.7 Å². The van der Waals surface area contributed by atoms with Crippen LogP contribution in [0.5, 0.6) is 0 Å². The molecule has 2 atom stereocenters. The zero-order valence-electron chi connectivity index (χ0n) is 17.5. The van der Waals surface area contributed by atoms with Gasteiger partial charge in [-0.05, 0) is 35.7 Å². The van der Waals surface area contributed by atoms with Crippen LogP contribution in [-0.2, 0) is 9.59 Å². The summed E-state index contributed by atoms with van der Waals surface area (Å²) in [6, 6.07) is 27.7. The third-order valence-electron chi connectivity index (χ3n) is 5.65. The molecule has 1 aliphatic rings. The molecule has 0 spiro atoms. The number of hydrogen-bond acceptors (Lipinski definition) is 3. The van der Waals surface area contributed by atoms with Crippen molar-refractivity contribution in [1.82, 2.24) is 5.32 Å². The van der Waals surface area contributed by atoms with E-state index in [-0.39, 0.29) is 17.7 Å². The average Bonchev–Trinajstić information content (AvgIpc) is 2.91. The van der Waals surface area contributed by atoms with Gasteiger partial charge >= 0.3 is 0 Å². The molecule has 5 heteroatoms. The zero-order chi connectivity index (χ0) is 21.6. The average molecular weight is 431 g/mol. The summed E-state index contributed by atoms with van der Waals surface area (Å²) in [5.41, 5.74) is 3.16. The van der Waals surface area contributed by atoms with Crippen molar-refractivity contribution in [3.05, 3.63) is 96.1 Å². The van der Waals surface area contributed by atoms with Gasteiger partial charge in [-0.3, -0.25) is 9.59 Å². The summed E-state index contributed by atoms with van der Waals surface area (Å²) in [6.45, 7) is 0. The van der Waals surface area contributed by atoms with Gasteiger partial charge in [0, 0.05) is 35.7 Å². The summed E-state index contributed by atoms with van der Waals surface area (Å²) >= 11 is 1.65. The van der Waals surface area contributed by atoms with Crippen molar-refractivity contribution in [2.75, 3.05) is 17.7 Å². The van der Waals surface area contributed by atoms with Crippen molar-refractivity contribution in [3.63, 3.8) is 0 Å². The van der Waals surface area contributed by atoms with Gasteiger partial charge in [-0.2, -0.15) is 0 Å². The summed E-state index contributed by atoms with van der Waals surface area (Å²) in [6.07, 6.45) is 0.914. The molecule has 4 rings (SSSR count). The number of benzene rings is 3. The summed E-state index contributed by atoms with van der Waals surface area (Å²) < 4.78 is 0. The molecule has 31 heavy (non-hydrogen) atoms. The van der Waals surface area contributed by atoms with E-state index in [0.29, 0.717) is 18.6 Å². The lowest BCUT2D eigenvalue weighted by atomic mass is 9.86. The number of nitrogens with one attached hydrogen (secondary N) is 1. The summed E-state index contributed by atoms with van der Waals surface area (Å²) in [5, 5.41) is 3.02. The predicted octanol–water partition coefficient (Wildman–Crippen LogP) is 4.85. The number of para-hydroxylation sites is 1. The molecule has 3 aromatic rings. The Balaban J connectivity index is 1.50. The lowest BCUT2D eigenvalue weighted by Gasteiger charge is -2.22. The van der Waals surface area contributed by atoms with Gasteiger partial charge in [0.05, 0.1) is 0 Å². The lowest BCUT2D eigenvalue weighted by Crippen LogP contribution is -2.47. The minimum absolute atomic E-state index is 0.0373. The third kappa shape index (κ3) is 5.00. The standard InChI is InChI=1S/C26H26N2O2S/c1-28-24-15-9-8-14-21(24)22(19-10-4-2-5-11-19)18-23(26(28)30)27-25(29)16-17-31-20-12-6-3-7-13-20/h2-15,22-23H,16-18H2,1H3,(H,27,29)/t22?,23-/m1/s1. The molecule has 1 N–H and O–H groups in total. The number of nitrogens with zero attached hydrogens (tertiary/aromatic N) is 1. The molecule has 0 aromatic heterocycles. The van der Waals surface area contributed by atoms with Gasteiger partial charge in [-0.15, -0.1) is 11.8 Å². The van der Waals surface area contributed by atoms with E-state index >= 15 is 0 Å². The Morgan fingerprint density at radius 2 is 1.61 bits per heavy atom. The van der Waals surface area contributed by atoms with Gasteiger partial charge in [-0.25, -0.2) is 0 Å². The number of carbonyl (C=O) groups excluding carboxylic acids is 2. The van der Waals surface area contributed by atoms with Gasteiger partial charge in [-0.1, -0.05) is 66.7 Å². The van der Waals surface area contributed by atoms with Gasteiger partial charge in [0.1, 0.15) is 6.04 Å². The number of hydrogen-bond donors (Lipinski definition) is 1. The van der Waals surface area contributed by atoms with E-state index < -0.39 is 6.04 Å². The van der Waals surface area contributed by atoms with E-state index in [9.17, 15) is 9.59 Å². The largest absolute Gasteiger partial charge is 0.344 e. The quantitative estimate of drug-likeness (QED) is 0.569. The minimum atomic E-state index is -0.558. The fourth-order valence-corrected chi connectivity index (χ4v) is 4.94. The highest BCUT2D eigenvalue weighted by Crippen LogP contribution is 2.38. The van der Waals surface area contributed by atoms with Crippen LogP contribution in [-0.4, -0.2) is 30.7 Å². The molecule has 1 unspecified atom stereocenters. The SMILES string of the molecule is CN1C(=O)[C@H](NC(=O)CCSc2ccccc2)CC(c2ccccc2)c2ccccc21. The molecule has 0 bridgehead atoms. The molecule has 1 heterocycles. The van der Waals surface area contributed by atoms with Crippen molar-refractivity contribution < 1.29 is 9.59 Å². The number of thioether (sulfide) groups is 1. The number of amides is 2. The molecule has 0 radical (unpaired) electrons. The second-order valence-electron chi connectivity index (χ2n) is 7.69. The smallest absolute Gasteiger partial charge is 0.249 e. The van der Waals surface area contributed by atoms with Crippen molar-refractivity contribution in [2.45, 2.75) is 29.7 Å². The lowest BCUT2D eigenvalue weighted by molar-refractivity contribution is -0.127. The number of carbonyl (C=O) groups is 2. The van der Waals surface area contributed by atoms with Gasteiger partial charge in [0.15, 0.2) is 0 Å². The molecule has 1 aliphatic heterocycles. The van der Waals surface area contributed by atoms with Gasteiger partial charge in [0.2, 0.25) is 11.8 Å². The second kappa shape index (κ2) is 9.84. The maximum atomic E-state index is 13.2. The molecule has 0 aliphatic carbocycles. The maximum absolute atomic E-state index is 13.2. The van der Waals surface area contributed by atoms with E-state index in [1.54, 1.807) is 23.7 Å². The fourth-order valence-electron chi connectivity index (χ4n) is 4.07. The Hall–Kier alpha value is -3.05. The van der Waals surface area contributed by atoms with E-state index in [1.165, 1.54) is 0 Å². The maximum Gasteiger partial charge on any atom is 0.249 e. The van der Waals surface area contributed by atoms with Crippen LogP contribution >= 0.6 is 11.8 Å². The molecule has 158 valence electrons. The van der Waals surface area contributed by atoms with Crippen LogP contribution in [0.2, 0.25) is 0 Å². The molecule has 2 amide bonds. The Bertz CT molecular complexity index is 1040. The molecule has 0 saturated carbocycles. The number of rotatable bonds is 6. The normalized spacial score (nSPS) is 18.2. The first-order valence-corrected chi connectivity index (χ1v) is 11.5. The van der Waals surface area contributed by atoms with E-state index in [0.717, 1.165) is 21.7 Å². The van der Waals surface area contributed by atoms with Crippen molar-refractivity contribution in [2.24, 2.45) is 0 Å². The Morgan fingerprint density at radius 1 is 0.968 bits per heavy atom. The number of likely N-dealkylation sites (N-methyl/N-ethyl adjacent to an activating group) is 1. The molecular formula is C26H26N2O2S. The molecule has 0 fully saturated rings. The second-order valence-corrected chi connectivity index (χ2v) is 8.85. The highest BCUT2D eigenvalue weighted by atomic mass is 32.2. The molecule has 0 saturated heterocycles. The fraction of sp³-hybridized carbons (Fsp3) is 0.231. The van der Waals surface area contributed by atoms with Gasteiger partial charge < -0.3 is 10.2 Å². The first kappa shape index (κ1) is 21.2. The topological polar surface area (TPSA) is 49.4 Å². The number of anilines is 1. The first-order valence-electron chi connectivity index (χ1n) is 10.5. The van der Waals surface area contributed by atoms with Crippen LogP contribution in [0.15, 0.2) is 89.8 Å². The first-order chi connectivity index (χ1) is 15.1. The van der Waals surface area contributed by atoms with Crippen LogP contribution in [0.25, 0.3) is 0 Å². The van der Waals surface area contributed by atoms with Crippen molar-refractivity contribution in [1.29, 1.82) is 0 Å². The van der Waals surface area contributed by atoms with E-state index in [4.69, 9.17) is 0 Å². The molecule has 4 nitrogen and oxygen atoms in total. The van der Waals surface area contributed by atoms with Crippen molar-refractivity contribution in [3.8, 4) is 0 Å². The van der Waals surface area contributed by atoms with E-state index in [2.05, 4.69) is 23.5 Å². The molecular weight excluding hydrogens is 404 g/mol. The molecule has 3 aromatic carbocycles. The Kier molecular flexibility index (Phi) is 6.73. The predicted molar refractivity (Wildman–Crippen MR) is 126 cm³/mol. The highest BCUT2D eigenvalue weighted by Gasteiger charge is 2.34. The van der Waals surface area contributed by atoms with Crippen LogP contribution < -0.4 is 10.2 Å². The van der Waals surface area contributed by atoms with Crippen molar-refractivity contribution >= 4 is 29.3 Å². The van der Waals surface area contributed by atoms with Crippen LogP contribution in [0.1, 0.15) is 29.9 Å². The van der Waals surface area contributed by atoms with Crippen LogP contribution in [0.3, 0.4) is 0 Å². The van der Waals surface area contributed by atoms with Gasteiger partial charge in [0.25, 0.3) is 0 Å². The van der Waals surface area contributed by atoms with Crippen LogP contribution in [0.4, 0.5) is 5.69 Å². The Morgan fingerprint density at radius 3 is 2.35 bits per heavy atom. The highest BCUT2D eigenvalue weighted by molar-refractivity contribution is 7.99. The minimum Gasteiger partial charge on any atom is -0.344 e. The summed E-state index contributed by atoms with van der Waals surface area (Å²) in [4.78, 5) is 28.7. The Labute approximate surface area is 187 Å². The summed E-state index contributed by atoms with van der Waals surface area (Å²) in [5.74, 6) is 0.549. The monoisotopic (exact) mass is 430 g/mol.